The van der Waals surface area contributed by atoms with Crippen molar-refractivity contribution in [3.63, 3.8) is 0 Å². The lowest BCUT2D eigenvalue weighted by molar-refractivity contribution is -0.118. The zero-order chi connectivity index (χ0) is 13.0. The van der Waals surface area contributed by atoms with E-state index in [1.807, 2.05) is 6.92 Å². The summed E-state index contributed by atoms with van der Waals surface area (Å²) >= 11 is 0. The van der Waals surface area contributed by atoms with Crippen LogP contribution in [0.1, 0.15) is 29.3 Å². The summed E-state index contributed by atoms with van der Waals surface area (Å²) in [6, 6.07) is 4.39. The number of aryl methyl sites for hydroxylation is 1. The number of hydrogen-bond donors (Lipinski definition) is 3. The molecule has 2 amide bonds. The molecule has 1 unspecified atom stereocenters. The van der Waals surface area contributed by atoms with Gasteiger partial charge in [0.2, 0.25) is 5.91 Å². The normalized spacial score (nSPS) is 11.9. The van der Waals surface area contributed by atoms with Crippen LogP contribution in [0.4, 0.5) is 0 Å². The summed E-state index contributed by atoms with van der Waals surface area (Å²) in [4.78, 5) is 22.5. The van der Waals surface area contributed by atoms with Crippen LogP contribution in [-0.4, -0.2) is 23.0 Å². The zero-order valence-corrected chi connectivity index (χ0v) is 9.86. The Hall–Kier alpha value is -2.04. The molecule has 0 saturated carbocycles. The first-order valence-electron chi connectivity index (χ1n) is 5.29. The van der Waals surface area contributed by atoms with Gasteiger partial charge in [-0.05, 0) is 26.0 Å². The molecule has 5 nitrogen and oxygen atoms in total. The Balaban J connectivity index is 2.76. The van der Waals surface area contributed by atoms with Crippen LogP contribution in [0.25, 0.3) is 0 Å². The maximum Gasteiger partial charge on any atom is 0.255 e. The average Bonchev–Trinajstić information content (AvgIpc) is 2.20. The molecule has 0 radical (unpaired) electrons. The van der Waals surface area contributed by atoms with Crippen molar-refractivity contribution in [2.24, 2.45) is 5.73 Å². The first-order chi connectivity index (χ1) is 7.90. The Morgan fingerprint density at radius 1 is 1.47 bits per heavy atom. The number of amides is 2. The van der Waals surface area contributed by atoms with E-state index in [0.29, 0.717) is 0 Å². The van der Waals surface area contributed by atoms with Gasteiger partial charge in [0.1, 0.15) is 5.75 Å². The fraction of sp³-hybridized carbons (Fsp3) is 0.333. The number of carbonyl (C=O) groups excluding carboxylic acids is 2. The molecule has 0 aromatic heterocycles. The molecule has 0 bridgehead atoms. The van der Waals surface area contributed by atoms with Crippen LogP contribution in [0.5, 0.6) is 5.75 Å². The van der Waals surface area contributed by atoms with Gasteiger partial charge in [-0.15, -0.1) is 0 Å². The molecule has 0 saturated heterocycles. The molecule has 1 aromatic carbocycles. The predicted octanol–water partition coefficient (Wildman–Crippen LogP) is 0.694. The van der Waals surface area contributed by atoms with E-state index in [4.69, 9.17) is 5.73 Å². The van der Waals surface area contributed by atoms with E-state index in [2.05, 4.69) is 5.32 Å². The van der Waals surface area contributed by atoms with Gasteiger partial charge in [0, 0.05) is 12.5 Å². The molecule has 0 spiro atoms. The third-order valence-corrected chi connectivity index (χ3v) is 2.28. The fourth-order valence-electron chi connectivity index (χ4n) is 1.49. The first kappa shape index (κ1) is 13.0. The Morgan fingerprint density at radius 3 is 2.71 bits per heavy atom. The Bertz CT molecular complexity index is 443. The molecule has 92 valence electrons. The quantitative estimate of drug-likeness (QED) is 0.718. The lowest BCUT2D eigenvalue weighted by Crippen LogP contribution is -2.35. The summed E-state index contributed by atoms with van der Waals surface area (Å²) in [5.74, 6) is -0.981. The van der Waals surface area contributed by atoms with Crippen LogP contribution in [0.3, 0.4) is 0 Å². The number of rotatable bonds is 4. The van der Waals surface area contributed by atoms with Crippen LogP contribution in [-0.2, 0) is 4.79 Å². The van der Waals surface area contributed by atoms with E-state index >= 15 is 0 Å². The highest BCUT2D eigenvalue weighted by Gasteiger charge is 2.14. The van der Waals surface area contributed by atoms with E-state index in [0.717, 1.165) is 5.56 Å². The standard InChI is InChI=1S/C12H16N2O3/c1-7-3-4-10(15)9(5-7)12(17)14-8(2)6-11(13)16/h3-5,8,15H,6H2,1-2H3,(H2,13,16)(H,14,17). The molecule has 1 rings (SSSR count). The zero-order valence-electron chi connectivity index (χ0n) is 9.86. The summed E-state index contributed by atoms with van der Waals surface area (Å²) in [7, 11) is 0. The number of nitrogens with two attached hydrogens (primary N) is 1. The minimum atomic E-state index is -0.480. The van der Waals surface area contributed by atoms with Crippen LogP contribution in [0.2, 0.25) is 0 Å². The van der Waals surface area contributed by atoms with Gasteiger partial charge in [-0.2, -0.15) is 0 Å². The highest BCUT2D eigenvalue weighted by atomic mass is 16.3. The van der Waals surface area contributed by atoms with E-state index < -0.39 is 11.8 Å². The van der Waals surface area contributed by atoms with Gasteiger partial charge >= 0.3 is 0 Å². The van der Waals surface area contributed by atoms with Gasteiger partial charge in [0.25, 0.3) is 5.91 Å². The monoisotopic (exact) mass is 236 g/mol. The molecule has 4 N–H and O–H groups in total. The van der Waals surface area contributed by atoms with Crippen molar-refractivity contribution in [1.29, 1.82) is 0 Å². The van der Waals surface area contributed by atoms with Gasteiger partial charge in [0.05, 0.1) is 5.56 Å². The van der Waals surface area contributed by atoms with Crippen molar-refractivity contribution < 1.29 is 14.7 Å². The van der Waals surface area contributed by atoms with Crippen molar-refractivity contribution in [1.82, 2.24) is 5.32 Å². The lowest BCUT2D eigenvalue weighted by atomic mass is 10.1. The number of phenolic OH excluding ortho intramolecular Hbond substituents is 1. The number of nitrogens with one attached hydrogen (secondary N) is 1. The Kier molecular flexibility index (Phi) is 4.09. The van der Waals surface area contributed by atoms with Crippen molar-refractivity contribution in [3.05, 3.63) is 29.3 Å². The lowest BCUT2D eigenvalue weighted by Gasteiger charge is -2.13. The predicted molar refractivity (Wildman–Crippen MR) is 63.6 cm³/mol. The highest BCUT2D eigenvalue weighted by molar-refractivity contribution is 5.97. The first-order valence-corrected chi connectivity index (χ1v) is 5.29. The number of aromatic hydroxyl groups is 1. The van der Waals surface area contributed by atoms with Crippen molar-refractivity contribution in [2.75, 3.05) is 0 Å². The Labute approximate surface area is 99.6 Å². The SMILES string of the molecule is Cc1ccc(O)c(C(=O)NC(C)CC(N)=O)c1. The average molecular weight is 236 g/mol. The Morgan fingerprint density at radius 2 is 2.12 bits per heavy atom. The maximum absolute atomic E-state index is 11.8. The number of primary amides is 1. The molecule has 1 aromatic rings. The second-order valence-corrected chi connectivity index (χ2v) is 4.07. The molecule has 0 aliphatic heterocycles. The van der Waals surface area contributed by atoms with Gasteiger partial charge in [0.15, 0.2) is 0 Å². The molecule has 0 aliphatic carbocycles. The van der Waals surface area contributed by atoms with E-state index in [9.17, 15) is 14.7 Å². The second kappa shape index (κ2) is 5.34. The second-order valence-electron chi connectivity index (χ2n) is 4.07. The summed E-state index contributed by atoms with van der Waals surface area (Å²) < 4.78 is 0. The molecule has 1 atom stereocenters. The van der Waals surface area contributed by atoms with Crippen LogP contribution in [0.15, 0.2) is 18.2 Å². The van der Waals surface area contributed by atoms with Crippen LogP contribution < -0.4 is 11.1 Å². The van der Waals surface area contributed by atoms with Crippen molar-refractivity contribution in [2.45, 2.75) is 26.3 Å². The maximum atomic E-state index is 11.8. The fourth-order valence-corrected chi connectivity index (χ4v) is 1.49. The summed E-state index contributed by atoms with van der Waals surface area (Å²) in [5.41, 5.74) is 6.09. The van der Waals surface area contributed by atoms with Crippen molar-refractivity contribution >= 4 is 11.8 Å². The number of phenols is 1. The van der Waals surface area contributed by atoms with E-state index in [-0.39, 0.29) is 23.8 Å². The molecule has 17 heavy (non-hydrogen) atoms. The molecule has 0 heterocycles. The smallest absolute Gasteiger partial charge is 0.255 e. The van der Waals surface area contributed by atoms with Crippen LogP contribution in [0, 0.1) is 6.92 Å². The third-order valence-electron chi connectivity index (χ3n) is 2.28. The highest BCUT2D eigenvalue weighted by Crippen LogP contribution is 2.18. The summed E-state index contributed by atoms with van der Waals surface area (Å²) in [6.07, 6.45) is 0.0678. The van der Waals surface area contributed by atoms with Crippen molar-refractivity contribution in [3.8, 4) is 5.75 Å². The number of benzene rings is 1. The number of carbonyl (C=O) groups is 2. The largest absolute Gasteiger partial charge is 0.507 e. The van der Waals surface area contributed by atoms with E-state index in [1.54, 1.807) is 19.1 Å². The molecule has 5 heteroatoms. The minimum absolute atomic E-state index is 0.0678. The minimum Gasteiger partial charge on any atom is -0.507 e. The van der Waals surface area contributed by atoms with Crippen LogP contribution >= 0.6 is 0 Å². The summed E-state index contributed by atoms with van der Waals surface area (Å²) in [6.45, 7) is 3.50. The van der Waals surface area contributed by atoms with Gasteiger partial charge in [-0.25, -0.2) is 0 Å². The topological polar surface area (TPSA) is 92.4 Å². The van der Waals surface area contributed by atoms with Gasteiger partial charge in [-0.3, -0.25) is 9.59 Å². The molecule has 0 fully saturated rings. The molecule has 0 aliphatic rings. The van der Waals surface area contributed by atoms with E-state index in [1.165, 1.54) is 6.07 Å². The van der Waals surface area contributed by atoms with Gasteiger partial charge < -0.3 is 16.2 Å². The van der Waals surface area contributed by atoms with Gasteiger partial charge in [-0.1, -0.05) is 11.6 Å². The number of hydrogen-bond acceptors (Lipinski definition) is 3. The third kappa shape index (κ3) is 3.79. The molecular formula is C12H16N2O3. The summed E-state index contributed by atoms with van der Waals surface area (Å²) in [5, 5.41) is 12.1. The molecular weight excluding hydrogens is 220 g/mol.